The van der Waals surface area contributed by atoms with Gasteiger partial charge >= 0.3 is 0 Å². The van der Waals surface area contributed by atoms with Crippen molar-refractivity contribution >= 4 is 6.08 Å². The summed E-state index contributed by atoms with van der Waals surface area (Å²) in [7, 11) is 0. The Kier molecular flexibility index (Phi) is 3.65. The maximum atomic E-state index is 13.0. The molecular weight excluding hydrogens is 167 g/mol. The van der Waals surface area contributed by atoms with E-state index in [-0.39, 0.29) is 12.4 Å². The lowest BCUT2D eigenvalue weighted by molar-refractivity contribution is 0.303. The minimum Gasteiger partial charge on any atom is -0.396 e. The third-order valence-corrected chi connectivity index (χ3v) is 1.90. The highest BCUT2D eigenvalue weighted by molar-refractivity contribution is 5.53. The topological polar surface area (TPSA) is 20.2 Å². The largest absolute Gasteiger partial charge is 0.396 e. The summed E-state index contributed by atoms with van der Waals surface area (Å²) in [5.41, 5.74) is 1.52. The third-order valence-electron chi connectivity index (χ3n) is 1.90. The van der Waals surface area contributed by atoms with Gasteiger partial charge in [-0.2, -0.15) is 0 Å². The second kappa shape index (κ2) is 4.77. The maximum Gasteiger partial charge on any atom is 0.126 e. The van der Waals surface area contributed by atoms with Crippen LogP contribution in [-0.2, 0) is 0 Å². The molecule has 0 saturated carbocycles. The molecule has 1 nitrogen and oxygen atoms in total. The molecule has 70 valence electrons. The van der Waals surface area contributed by atoms with Crippen molar-refractivity contribution < 1.29 is 9.50 Å². The number of hydrogen-bond acceptors (Lipinski definition) is 1. The zero-order valence-electron chi connectivity index (χ0n) is 7.63. The molecule has 0 unspecified atom stereocenters. The van der Waals surface area contributed by atoms with Crippen LogP contribution in [-0.4, -0.2) is 11.7 Å². The van der Waals surface area contributed by atoms with Crippen LogP contribution < -0.4 is 0 Å². The van der Waals surface area contributed by atoms with Crippen LogP contribution in [0.2, 0.25) is 0 Å². The Balaban J connectivity index is 2.83. The maximum absolute atomic E-state index is 13.0. The molecule has 1 rings (SSSR count). The number of aliphatic hydroxyl groups excluding tert-OH is 1. The van der Waals surface area contributed by atoms with E-state index in [1.165, 1.54) is 6.07 Å². The lowest BCUT2D eigenvalue weighted by Crippen LogP contribution is -1.85. The lowest BCUT2D eigenvalue weighted by atomic mass is 10.1. The van der Waals surface area contributed by atoms with E-state index in [9.17, 15) is 4.39 Å². The Hall–Kier alpha value is -1.15. The van der Waals surface area contributed by atoms with Crippen molar-refractivity contribution in [3.8, 4) is 0 Å². The summed E-state index contributed by atoms with van der Waals surface area (Å²) in [4.78, 5) is 0. The normalized spacial score (nSPS) is 11.0. The number of aliphatic hydroxyl groups is 1. The van der Waals surface area contributed by atoms with Crippen molar-refractivity contribution in [2.24, 2.45) is 0 Å². The average molecular weight is 180 g/mol. The third kappa shape index (κ3) is 2.67. The van der Waals surface area contributed by atoms with E-state index in [0.717, 1.165) is 5.56 Å². The Morgan fingerprint density at radius 1 is 1.46 bits per heavy atom. The Bertz CT molecular complexity index is 305. The molecule has 0 bridgehead atoms. The van der Waals surface area contributed by atoms with E-state index in [4.69, 9.17) is 5.11 Å². The van der Waals surface area contributed by atoms with Crippen molar-refractivity contribution in [2.45, 2.75) is 13.3 Å². The van der Waals surface area contributed by atoms with Gasteiger partial charge < -0.3 is 5.11 Å². The predicted molar refractivity (Wildman–Crippen MR) is 51.9 cm³/mol. The second-order valence-corrected chi connectivity index (χ2v) is 2.87. The first-order valence-electron chi connectivity index (χ1n) is 4.28. The second-order valence-electron chi connectivity index (χ2n) is 2.87. The average Bonchev–Trinajstić information content (AvgIpc) is 2.13. The zero-order valence-corrected chi connectivity index (χ0v) is 7.63. The lowest BCUT2D eigenvalue weighted by Gasteiger charge is -2.00. The molecule has 0 aliphatic carbocycles. The van der Waals surface area contributed by atoms with E-state index >= 15 is 0 Å². The highest BCUT2D eigenvalue weighted by atomic mass is 19.1. The van der Waals surface area contributed by atoms with Crippen molar-refractivity contribution in [1.29, 1.82) is 0 Å². The summed E-state index contributed by atoms with van der Waals surface area (Å²) < 4.78 is 13.0. The molecule has 0 radical (unpaired) electrons. The molecule has 0 spiro atoms. The quantitative estimate of drug-likeness (QED) is 0.757. The van der Waals surface area contributed by atoms with Crippen LogP contribution in [0.25, 0.3) is 6.08 Å². The fraction of sp³-hybridized carbons (Fsp3) is 0.273. The Labute approximate surface area is 77.5 Å². The first-order chi connectivity index (χ1) is 6.25. The molecule has 2 heteroatoms. The van der Waals surface area contributed by atoms with Gasteiger partial charge in [-0.15, -0.1) is 0 Å². The first-order valence-corrected chi connectivity index (χ1v) is 4.28. The predicted octanol–water partition coefficient (Wildman–Crippen LogP) is 2.53. The molecule has 0 fully saturated rings. The van der Waals surface area contributed by atoms with Crippen LogP contribution >= 0.6 is 0 Å². The highest BCUT2D eigenvalue weighted by Crippen LogP contribution is 2.13. The minimum atomic E-state index is -0.189. The number of halogens is 1. The Morgan fingerprint density at radius 2 is 2.23 bits per heavy atom. The van der Waals surface area contributed by atoms with Crippen molar-refractivity contribution in [2.75, 3.05) is 6.61 Å². The van der Waals surface area contributed by atoms with Crippen LogP contribution in [0.3, 0.4) is 0 Å². The minimum absolute atomic E-state index is 0.130. The van der Waals surface area contributed by atoms with Gasteiger partial charge in [0.05, 0.1) is 0 Å². The van der Waals surface area contributed by atoms with Crippen molar-refractivity contribution in [3.05, 3.63) is 41.2 Å². The summed E-state index contributed by atoms with van der Waals surface area (Å²) in [6.07, 6.45) is 4.27. The first kappa shape index (κ1) is 9.93. The molecule has 1 aromatic carbocycles. The van der Waals surface area contributed by atoms with Gasteiger partial charge in [0.15, 0.2) is 0 Å². The Morgan fingerprint density at radius 3 is 2.92 bits per heavy atom. The van der Waals surface area contributed by atoms with Crippen molar-refractivity contribution in [3.63, 3.8) is 0 Å². The molecule has 0 heterocycles. The van der Waals surface area contributed by atoms with E-state index in [1.54, 1.807) is 13.0 Å². The highest BCUT2D eigenvalue weighted by Gasteiger charge is 1.98. The van der Waals surface area contributed by atoms with Crippen LogP contribution in [0.5, 0.6) is 0 Å². The molecule has 0 atom stereocenters. The smallest absolute Gasteiger partial charge is 0.126 e. The molecule has 1 aromatic rings. The fourth-order valence-electron chi connectivity index (χ4n) is 1.09. The van der Waals surface area contributed by atoms with Crippen LogP contribution in [0.1, 0.15) is 17.5 Å². The molecule has 0 aliphatic heterocycles. The van der Waals surface area contributed by atoms with Crippen molar-refractivity contribution in [1.82, 2.24) is 0 Å². The van der Waals surface area contributed by atoms with Gasteiger partial charge in [0.2, 0.25) is 0 Å². The zero-order chi connectivity index (χ0) is 9.68. The summed E-state index contributed by atoms with van der Waals surface area (Å²) in [6, 6.07) is 4.98. The van der Waals surface area contributed by atoms with Gasteiger partial charge in [-0.05, 0) is 30.5 Å². The standard InChI is InChI=1S/C11H13FO/c1-9-10(5-2-3-8-13)6-4-7-11(9)12/h2,4-7,13H,3,8H2,1H3. The number of hydrogen-bond donors (Lipinski definition) is 1. The van der Waals surface area contributed by atoms with Gasteiger partial charge in [-0.25, -0.2) is 4.39 Å². The van der Waals surface area contributed by atoms with Gasteiger partial charge in [0, 0.05) is 6.61 Å². The molecule has 13 heavy (non-hydrogen) atoms. The molecule has 1 N–H and O–H groups in total. The number of rotatable bonds is 3. The van der Waals surface area contributed by atoms with Gasteiger partial charge in [-0.3, -0.25) is 0 Å². The van der Waals surface area contributed by atoms with E-state index in [1.807, 2.05) is 18.2 Å². The van der Waals surface area contributed by atoms with Crippen LogP contribution in [0, 0.1) is 12.7 Å². The van der Waals surface area contributed by atoms with E-state index < -0.39 is 0 Å². The van der Waals surface area contributed by atoms with Gasteiger partial charge in [0.25, 0.3) is 0 Å². The summed E-state index contributed by atoms with van der Waals surface area (Å²) >= 11 is 0. The SMILES string of the molecule is Cc1c(F)cccc1C=CCCO. The van der Waals surface area contributed by atoms with E-state index in [0.29, 0.717) is 12.0 Å². The fourth-order valence-corrected chi connectivity index (χ4v) is 1.09. The summed E-state index contributed by atoms with van der Waals surface area (Å²) in [5, 5.41) is 8.54. The molecule has 0 amide bonds. The van der Waals surface area contributed by atoms with Gasteiger partial charge in [-0.1, -0.05) is 24.3 Å². The summed E-state index contributed by atoms with van der Waals surface area (Å²) in [6.45, 7) is 1.87. The van der Waals surface area contributed by atoms with Crippen LogP contribution in [0.4, 0.5) is 4.39 Å². The van der Waals surface area contributed by atoms with Crippen LogP contribution in [0.15, 0.2) is 24.3 Å². The van der Waals surface area contributed by atoms with E-state index in [2.05, 4.69) is 0 Å². The molecular formula is C11H13FO. The molecule has 0 aromatic heterocycles. The number of benzene rings is 1. The van der Waals surface area contributed by atoms with Gasteiger partial charge in [0.1, 0.15) is 5.82 Å². The summed E-state index contributed by atoms with van der Waals surface area (Å²) in [5.74, 6) is -0.189. The molecule has 0 aliphatic rings. The molecule has 0 saturated heterocycles. The monoisotopic (exact) mass is 180 g/mol.